The summed E-state index contributed by atoms with van der Waals surface area (Å²) < 4.78 is 7.35. The molecule has 2 aromatic heterocycles. The van der Waals surface area contributed by atoms with E-state index in [-0.39, 0.29) is 6.04 Å². The Labute approximate surface area is 135 Å². The van der Waals surface area contributed by atoms with Crippen LogP contribution < -0.4 is 0 Å². The van der Waals surface area contributed by atoms with Gasteiger partial charge in [0.05, 0.1) is 12.6 Å². The van der Waals surface area contributed by atoms with Crippen LogP contribution >= 0.6 is 0 Å². The summed E-state index contributed by atoms with van der Waals surface area (Å²) in [4.78, 5) is 13.5. The van der Waals surface area contributed by atoms with Crippen molar-refractivity contribution in [3.63, 3.8) is 0 Å². The topological polar surface area (TPSA) is 76.1 Å². The molecule has 2 aliphatic rings. The van der Waals surface area contributed by atoms with Crippen LogP contribution in [0.1, 0.15) is 43.4 Å². The van der Waals surface area contributed by atoms with Gasteiger partial charge in [-0.1, -0.05) is 5.16 Å². The van der Waals surface area contributed by atoms with Crippen LogP contribution in [0.15, 0.2) is 17.2 Å². The van der Waals surface area contributed by atoms with E-state index in [1.807, 2.05) is 4.68 Å². The van der Waals surface area contributed by atoms with E-state index in [0.29, 0.717) is 5.92 Å². The average Bonchev–Trinajstić information content (AvgIpc) is 3.11. The molecule has 3 heterocycles. The quantitative estimate of drug-likeness (QED) is 0.784. The van der Waals surface area contributed by atoms with Crippen LogP contribution in [0.4, 0.5) is 0 Å². The lowest BCUT2D eigenvalue weighted by atomic mass is 10.2. The summed E-state index contributed by atoms with van der Waals surface area (Å²) in [7, 11) is 0. The Kier molecular flexibility index (Phi) is 4.09. The zero-order valence-electron chi connectivity index (χ0n) is 13.5. The number of hydrogen-bond donors (Lipinski definition) is 0. The smallest absolute Gasteiger partial charge is 0.243 e. The molecule has 2 aromatic rings. The Morgan fingerprint density at radius 1 is 1.22 bits per heavy atom. The van der Waals surface area contributed by atoms with Crippen molar-refractivity contribution in [1.82, 2.24) is 34.7 Å². The van der Waals surface area contributed by atoms with Crippen molar-refractivity contribution >= 4 is 0 Å². The molecule has 23 heavy (non-hydrogen) atoms. The average molecular weight is 317 g/mol. The number of rotatable bonds is 6. The molecule has 4 rings (SSSR count). The van der Waals surface area contributed by atoms with Gasteiger partial charge in [-0.2, -0.15) is 10.1 Å². The first kappa shape index (κ1) is 14.8. The van der Waals surface area contributed by atoms with Crippen LogP contribution in [0.25, 0.3) is 0 Å². The summed E-state index contributed by atoms with van der Waals surface area (Å²) in [5.74, 6) is 2.22. The SMILES string of the molecule is C[C@@H](c1nc(C2CC2)no1)N1CCN(CCn2cncn2)CC1. The van der Waals surface area contributed by atoms with E-state index in [0.717, 1.165) is 51.0 Å². The van der Waals surface area contributed by atoms with Gasteiger partial charge in [0.1, 0.15) is 12.7 Å². The molecule has 0 amide bonds. The Morgan fingerprint density at radius 3 is 2.74 bits per heavy atom. The number of piperazine rings is 1. The van der Waals surface area contributed by atoms with Gasteiger partial charge in [0, 0.05) is 38.6 Å². The molecular formula is C15H23N7O. The summed E-state index contributed by atoms with van der Waals surface area (Å²) in [5.41, 5.74) is 0. The van der Waals surface area contributed by atoms with Gasteiger partial charge in [0.2, 0.25) is 5.89 Å². The van der Waals surface area contributed by atoms with Crippen LogP contribution in [-0.2, 0) is 6.54 Å². The fraction of sp³-hybridized carbons (Fsp3) is 0.733. The molecule has 0 radical (unpaired) electrons. The van der Waals surface area contributed by atoms with Gasteiger partial charge in [0.15, 0.2) is 5.82 Å². The highest BCUT2D eigenvalue weighted by atomic mass is 16.5. The van der Waals surface area contributed by atoms with Crippen molar-refractivity contribution in [3.8, 4) is 0 Å². The first-order valence-corrected chi connectivity index (χ1v) is 8.42. The molecule has 0 spiro atoms. The molecule has 2 fully saturated rings. The second kappa shape index (κ2) is 6.37. The van der Waals surface area contributed by atoms with E-state index in [2.05, 4.69) is 36.9 Å². The van der Waals surface area contributed by atoms with Gasteiger partial charge in [-0.05, 0) is 19.8 Å². The van der Waals surface area contributed by atoms with E-state index < -0.39 is 0 Å². The molecule has 8 heteroatoms. The van der Waals surface area contributed by atoms with Gasteiger partial charge in [-0.25, -0.2) is 4.98 Å². The molecule has 124 valence electrons. The van der Waals surface area contributed by atoms with Crippen molar-refractivity contribution in [1.29, 1.82) is 0 Å². The van der Waals surface area contributed by atoms with Crippen molar-refractivity contribution in [2.45, 2.75) is 38.3 Å². The largest absolute Gasteiger partial charge is 0.338 e. The predicted molar refractivity (Wildman–Crippen MR) is 82.7 cm³/mol. The normalized spacial score (nSPS) is 21.6. The molecule has 1 saturated heterocycles. The Bertz CT molecular complexity index is 614. The number of hydrogen-bond acceptors (Lipinski definition) is 7. The lowest BCUT2D eigenvalue weighted by molar-refractivity contribution is 0.0858. The third kappa shape index (κ3) is 3.42. The van der Waals surface area contributed by atoms with Crippen LogP contribution in [0, 0.1) is 0 Å². The standard InChI is InChI=1S/C15H23N7O/c1-12(15-18-14(19-23-15)13-2-3-13)21-7-4-20(5-8-21)6-9-22-11-16-10-17-22/h10-13H,2-9H2,1H3/t12-/m0/s1. The first-order valence-electron chi connectivity index (χ1n) is 8.42. The fourth-order valence-corrected chi connectivity index (χ4v) is 3.05. The fourth-order valence-electron chi connectivity index (χ4n) is 3.05. The molecule has 1 aliphatic heterocycles. The zero-order chi connectivity index (χ0) is 15.6. The highest BCUT2D eigenvalue weighted by Crippen LogP contribution is 2.38. The van der Waals surface area contributed by atoms with Crippen LogP contribution in [0.3, 0.4) is 0 Å². The van der Waals surface area contributed by atoms with E-state index in [4.69, 9.17) is 4.52 Å². The second-order valence-electron chi connectivity index (χ2n) is 6.48. The summed E-state index contributed by atoms with van der Waals surface area (Å²) in [5, 5.41) is 8.27. The molecule has 1 saturated carbocycles. The highest BCUT2D eigenvalue weighted by Gasteiger charge is 2.31. The molecule has 0 N–H and O–H groups in total. The first-order chi connectivity index (χ1) is 11.3. The van der Waals surface area contributed by atoms with Crippen molar-refractivity contribution < 1.29 is 4.52 Å². The van der Waals surface area contributed by atoms with E-state index >= 15 is 0 Å². The molecule has 0 unspecified atom stereocenters. The Balaban J connectivity index is 1.26. The molecule has 1 aliphatic carbocycles. The predicted octanol–water partition coefficient (Wildman–Crippen LogP) is 0.917. The second-order valence-corrected chi connectivity index (χ2v) is 6.48. The number of nitrogens with zero attached hydrogens (tertiary/aromatic N) is 7. The van der Waals surface area contributed by atoms with E-state index in [1.165, 1.54) is 12.8 Å². The molecule has 8 nitrogen and oxygen atoms in total. The summed E-state index contributed by atoms with van der Waals surface area (Å²) in [6.07, 6.45) is 5.76. The lowest BCUT2D eigenvalue weighted by Crippen LogP contribution is -2.47. The molecule has 0 aromatic carbocycles. The summed E-state index contributed by atoms with van der Waals surface area (Å²) in [6, 6.07) is 0.201. The van der Waals surface area contributed by atoms with E-state index in [1.54, 1.807) is 12.7 Å². The van der Waals surface area contributed by atoms with Crippen LogP contribution in [0.2, 0.25) is 0 Å². The maximum Gasteiger partial charge on any atom is 0.243 e. The van der Waals surface area contributed by atoms with Crippen LogP contribution in [-0.4, -0.2) is 67.4 Å². The lowest BCUT2D eigenvalue weighted by Gasteiger charge is -2.36. The molecule has 0 bridgehead atoms. The van der Waals surface area contributed by atoms with Gasteiger partial charge < -0.3 is 4.52 Å². The maximum absolute atomic E-state index is 5.47. The monoisotopic (exact) mass is 317 g/mol. The highest BCUT2D eigenvalue weighted by molar-refractivity contribution is 5.04. The van der Waals surface area contributed by atoms with Crippen LogP contribution in [0.5, 0.6) is 0 Å². The number of aromatic nitrogens is 5. The van der Waals surface area contributed by atoms with Gasteiger partial charge in [-0.3, -0.25) is 14.5 Å². The Morgan fingerprint density at radius 2 is 2.04 bits per heavy atom. The minimum Gasteiger partial charge on any atom is -0.338 e. The molecular weight excluding hydrogens is 294 g/mol. The molecule has 1 atom stereocenters. The maximum atomic E-state index is 5.47. The van der Waals surface area contributed by atoms with Gasteiger partial charge in [0.25, 0.3) is 0 Å². The van der Waals surface area contributed by atoms with Gasteiger partial charge in [-0.15, -0.1) is 0 Å². The summed E-state index contributed by atoms with van der Waals surface area (Å²) in [6.45, 7) is 8.24. The Hall–Kier alpha value is -1.80. The third-order valence-electron chi connectivity index (χ3n) is 4.82. The third-order valence-corrected chi connectivity index (χ3v) is 4.82. The van der Waals surface area contributed by atoms with Crippen molar-refractivity contribution in [2.24, 2.45) is 0 Å². The van der Waals surface area contributed by atoms with Crippen molar-refractivity contribution in [3.05, 3.63) is 24.4 Å². The minimum absolute atomic E-state index is 0.201. The summed E-state index contributed by atoms with van der Waals surface area (Å²) >= 11 is 0. The van der Waals surface area contributed by atoms with E-state index in [9.17, 15) is 0 Å². The minimum atomic E-state index is 0.201. The zero-order valence-corrected chi connectivity index (χ0v) is 13.5. The van der Waals surface area contributed by atoms with Crippen molar-refractivity contribution in [2.75, 3.05) is 32.7 Å². The van der Waals surface area contributed by atoms with Gasteiger partial charge >= 0.3 is 0 Å².